The van der Waals surface area contributed by atoms with E-state index in [0.29, 0.717) is 50.8 Å². The Hall–Kier alpha value is -1.33. The van der Waals surface area contributed by atoms with Crippen molar-refractivity contribution in [1.29, 1.82) is 0 Å². The zero-order chi connectivity index (χ0) is 23.7. The van der Waals surface area contributed by atoms with Gasteiger partial charge in [-0.1, -0.05) is 40.9 Å². The summed E-state index contributed by atoms with van der Waals surface area (Å²) >= 11 is 0. The fourth-order valence-corrected chi connectivity index (χ4v) is 5.09. The SMILES string of the molecule is CCOC(=O)CC1(CNC(=O)OCCSSCCOC(=O)NCCN(C)C)CCCCC1. The average Bonchev–Trinajstić information content (AvgIpc) is 2.74. The molecular weight excluding hydrogens is 454 g/mol. The second-order valence-corrected chi connectivity index (χ2v) is 10.7. The van der Waals surface area contributed by atoms with Crippen LogP contribution in [0.25, 0.3) is 0 Å². The highest BCUT2D eigenvalue weighted by atomic mass is 33.1. The molecule has 0 spiro atoms. The van der Waals surface area contributed by atoms with E-state index in [1.807, 2.05) is 19.0 Å². The fraction of sp³-hybridized carbons (Fsp3) is 0.857. The molecule has 0 aromatic heterocycles. The molecule has 11 heteroatoms. The van der Waals surface area contributed by atoms with Crippen molar-refractivity contribution >= 4 is 39.7 Å². The molecule has 0 aromatic rings. The van der Waals surface area contributed by atoms with Gasteiger partial charge in [-0.2, -0.15) is 0 Å². The molecule has 1 aliphatic carbocycles. The minimum absolute atomic E-state index is 0.201. The molecule has 1 saturated carbocycles. The Kier molecular flexibility index (Phi) is 15.4. The molecule has 2 N–H and O–H groups in total. The summed E-state index contributed by atoms with van der Waals surface area (Å²) < 4.78 is 15.4. The molecule has 2 amide bonds. The lowest BCUT2D eigenvalue weighted by atomic mass is 9.72. The maximum Gasteiger partial charge on any atom is 0.407 e. The predicted octanol–water partition coefficient (Wildman–Crippen LogP) is 3.29. The highest BCUT2D eigenvalue weighted by Crippen LogP contribution is 2.39. The zero-order valence-corrected chi connectivity index (χ0v) is 21.2. The first-order chi connectivity index (χ1) is 15.4. The normalized spacial score (nSPS) is 15.1. The highest BCUT2D eigenvalue weighted by molar-refractivity contribution is 8.76. The van der Waals surface area contributed by atoms with E-state index >= 15 is 0 Å². The van der Waals surface area contributed by atoms with Crippen LogP contribution in [0.2, 0.25) is 0 Å². The Morgan fingerprint density at radius 1 is 0.906 bits per heavy atom. The second-order valence-electron chi connectivity index (χ2n) is 8.04. The smallest absolute Gasteiger partial charge is 0.407 e. The molecule has 1 aliphatic rings. The monoisotopic (exact) mass is 493 g/mol. The van der Waals surface area contributed by atoms with Crippen molar-refractivity contribution in [1.82, 2.24) is 15.5 Å². The van der Waals surface area contributed by atoms with Gasteiger partial charge in [-0.25, -0.2) is 9.59 Å². The number of amides is 2. The Morgan fingerprint density at radius 3 is 2.06 bits per heavy atom. The largest absolute Gasteiger partial charge is 0.466 e. The van der Waals surface area contributed by atoms with Crippen molar-refractivity contribution in [2.24, 2.45) is 5.41 Å². The van der Waals surface area contributed by atoms with E-state index in [-0.39, 0.29) is 11.4 Å². The lowest BCUT2D eigenvalue weighted by molar-refractivity contribution is -0.146. The van der Waals surface area contributed by atoms with Crippen molar-refractivity contribution in [3.63, 3.8) is 0 Å². The lowest BCUT2D eigenvalue weighted by Crippen LogP contribution is -2.41. The molecule has 0 heterocycles. The standard InChI is InChI=1S/C21H39N3O6S2/c1-4-28-18(25)16-21(8-6-5-7-9-21)17-23-20(27)30-13-15-32-31-14-12-29-19(26)22-10-11-24(2)3/h4-17H2,1-3H3,(H,22,26)(H,23,27). The van der Waals surface area contributed by atoms with Gasteiger partial charge in [-0.3, -0.25) is 4.79 Å². The number of hydrogen-bond acceptors (Lipinski definition) is 9. The van der Waals surface area contributed by atoms with Gasteiger partial charge in [-0.05, 0) is 39.3 Å². The van der Waals surface area contributed by atoms with Crippen LogP contribution in [-0.2, 0) is 19.0 Å². The van der Waals surface area contributed by atoms with E-state index < -0.39 is 12.2 Å². The van der Waals surface area contributed by atoms with Crippen LogP contribution < -0.4 is 10.6 Å². The number of carbonyl (C=O) groups excluding carboxylic acids is 3. The van der Waals surface area contributed by atoms with Crippen molar-refractivity contribution in [3.05, 3.63) is 0 Å². The van der Waals surface area contributed by atoms with Crippen molar-refractivity contribution in [3.8, 4) is 0 Å². The summed E-state index contributed by atoms with van der Waals surface area (Å²) in [7, 11) is 7.00. The number of alkyl carbamates (subject to hydrolysis) is 2. The average molecular weight is 494 g/mol. The third-order valence-electron chi connectivity index (χ3n) is 5.06. The Morgan fingerprint density at radius 2 is 1.50 bits per heavy atom. The predicted molar refractivity (Wildman–Crippen MR) is 129 cm³/mol. The van der Waals surface area contributed by atoms with E-state index in [4.69, 9.17) is 14.2 Å². The topological polar surface area (TPSA) is 106 Å². The van der Waals surface area contributed by atoms with Gasteiger partial charge in [-0.15, -0.1) is 0 Å². The molecule has 0 aromatic carbocycles. The summed E-state index contributed by atoms with van der Waals surface area (Å²) in [5.41, 5.74) is -0.229. The fourth-order valence-electron chi connectivity index (χ4n) is 3.43. The van der Waals surface area contributed by atoms with E-state index in [1.165, 1.54) is 0 Å². The molecule has 0 saturated heterocycles. The van der Waals surface area contributed by atoms with E-state index in [0.717, 1.165) is 38.6 Å². The van der Waals surface area contributed by atoms with Gasteiger partial charge in [0.15, 0.2) is 0 Å². The van der Waals surface area contributed by atoms with E-state index in [2.05, 4.69) is 10.6 Å². The Balaban J connectivity index is 2.09. The van der Waals surface area contributed by atoms with Crippen LogP contribution in [0.1, 0.15) is 45.4 Å². The van der Waals surface area contributed by atoms with Crippen LogP contribution in [0.15, 0.2) is 0 Å². The van der Waals surface area contributed by atoms with Gasteiger partial charge in [0, 0.05) is 31.1 Å². The number of rotatable bonds is 15. The molecule has 0 atom stereocenters. The molecule has 1 fully saturated rings. The summed E-state index contributed by atoms with van der Waals surface area (Å²) in [5, 5.41) is 5.52. The number of likely N-dealkylation sites (N-methyl/N-ethyl adjacent to an activating group) is 1. The van der Waals surface area contributed by atoms with Crippen molar-refractivity contribution in [2.45, 2.75) is 45.4 Å². The number of nitrogens with zero attached hydrogens (tertiary/aromatic N) is 1. The maximum absolute atomic E-state index is 12.0. The number of nitrogens with one attached hydrogen (secondary N) is 2. The second kappa shape index (κ2) is 17.2. The van der Waals surface area contributed by atoms with Gasteiger partial charge >= 0.3 is 18.2 Å². The van der Waals surface area contributed by atoms with Crippen LogP contribution in [0.4, 0.5) is 9.59 Å². The van der Waals surface area contributed by atoms with Gasteiger partial charge in [0.2, 0.25) is 0 Å². The molecule has 1 rings (SSSR count). The molecule has 0 radical (unpaired) electrons. The number of carbonyl (C=O) groups is 3. The van der Waals surface area contributed by atoms with Gasteiger partial charge in [0.05, 0.1) is 13.0 Å². The molecule has 0 bridgehead atoms. The van der Waals surface area contributed by atoms with Crippen LogP contribution in [0.3, 0.4) is 0 Å². The molecule has 9 nitrogen and oxygen atoms in total. The zero-order valence-electron chi connectivity index (χ0n) is 19.6. The summed E-state index contributed by atoms with van der Waals surface area (Å²) in [5.74, 6) is 1.10. The number of ether oxygens (including phenoxy) is 3. The molecule has 186 valence electrons. The van der Waals surface area contributed by atoms with Crippen molar-refractivity contribution < 1.29 is 28.6 Å². The minimum atomic E-state index is -0.456. The summed E-state index contributed by atoms with van der Waals surface area (Å²) in [6.45, 7) is 4.54. The third kappa shape index (κ3) is 13.9. The van der Waals surface area contributed by atoms with Gasteiger partial charge < -0.3 is 29.7 Å². The summed E-state index contributed by atoms with van der Waals surface area (Å²) in [4.78, 5) is 37.5. The van der Waals surface area contributed by atoms with Crippen molar-refractivity contribution in [2.75, 3.05) is 65.1 Å². The first kappa shape index (κ1) is 28.7. The Bertz CT molecular complexity index is 560. The first-order valence-electron chi connectivity index (χ1n) is 11.2. The van der Waals surface area contributed by atoms with E-state index in [9.17, 15) is 14.4 Å². The molecule has 0 aliphatic heterocycles. The van der Waals surface area contributed by atoms with Gasteiger partial charge in [0.1, 0.15) is 13.2 Å². The quantitative estimate of drug-likeness (QED) is 0.154. The van der Waals surface area contributed by atoms with Crippen LogP contribution >= 0.6 is 21.6 Å². The molecule has 32 heavy (non-hydrogen) atoms. The Labute approximate surface area is 199 Å². The maximum atomic E-state index is 12.0. The van der Waals surface area contributed by atoms with Crippen LogP contribution in [-0.4, -0.2) is 88.1 Å². The minimum Gasteiger partial charge on any atom is -0.466 e. The van der Waals surface area contributed by atoms with Gasteiger partial charge in [0.25, 0.3) is 0 Å². The lowest BCUT2D eigenvalue weighted by Gasteiger charge is -2.36. The first-order valence-corrected chi connectivity index (χ1v) is 13.7. The summed E-state index contributed by atoms with van der Waals surface area (Å²) in [6, 6.07) is 0. The number of esters is 1. The number of hydrogen-bond donors (Lipinski definition) is 2. The van der Waals surface area contributed by atoms with E-state index in [1.54, 1.807) is 28.5 Å². The molecular formula is C21H39N3O6S2. The van der Waals surface area contributed by atoms with Crippen LogP contribution in [0, 0.1) is 5.41 Å². The highest BCUT2D eigenvalue weighted by Gasteiger charge is 2.35. The third-order valence-corrected chi connectivity index (χ3v) is 7.39. The summed E-state index contributed by atoms with van der Waals surface area (Å²) in [6.07, 6.45) is 4.58. The van der Waals surface area contributed by atoms with Crippen LogP contribution in [0.5, 0.6) is 0 Å². The molecule has 0 unspecified atom stereocenters.